The van der Waals surface area contributed by atoms with Crippen LogP contribution in [-0.4, -0.2) is 17.9 Å². The average molecular weight is 295 g/mol. The highest BCUT2D eigenvalue weighted by molar-refractivity contribution is 7.10. The molecule has 19 heavy (non-hydrogen) atoms. The van der Waals surface area contributed by atoms with Gasteiger partial charge in [-0.25, -0.2) is 0 Å². The van der Waals surface area contributed by atoms with Gasteiger partial charge in [0.15, 0.2) is 0 Å². The van der Waals surface area contributed by atoms with Gasteiger partial charge in [0.25, 0.3) is 5.91 Å². The number of halogens is 1. The minimum atomic E-state index is -0.157. The van der Waals surface area contributed by atoms with Crippen LogP contribution in [0.2, 0.25) is 5.02 Å². The summed E-state index contributed by atoms with van der Waals surface area (Å²) in [4.78, 5) is 15.2. The van der Waals surface area contributed by atoms with Crippen LogP contribution in [0.3, 0.4) is 0 Å². The molecule has 0 spiro atoms. The number of carbonyl (C=O) groups is 1. The van der Waals surface area contributed by atoms with E-state index in [2.05, 4.69) is 0 Å². The van der Waals surface area contributed by atoms with Gasteiger partial charge in [-0.2, -0.15) is 0 Å². The third kappa shape index (κ3) is 2.91. The Hall–Kier alpha value is -1.52. The van der Waals surface area contributed by atoms with Crippen molar-refractivity contribution in [1.82, 2.24) is 4.90 Å². The minimum absolute atomic E-state index is 0.157. The van der Waals surface area contributed by atoms with E-state index in [-0.39, 0.29) is 5.91 Å². The third-order valence-corrected chi connectivity index (χ3v) is 4.28. The maximum Gasteiger partial charge on any atom is 0.257 e. The molecule has 2 rings (SSSR count). The van der Waals surface area contributed by atoms with Crippen LogP contribution >= 0.6 is 22.9 Å². The Labute approximate surface area is 121 Å². The molecule has 0 unspecified atom stereocenters. The number of amides is 1. The van der Waals surface area contributed by atoms with Gasteiger partial charge in [0, 0.05) is 17.6 Å². The molecular weight excluding hydrogens is 280 g/mol. The molecule has 0 saturated carbocycles. The summed E-state index contributed by atoms with van der Waals surface area (Å²) in [6.45, 7) is 2.60. The fraction of sp³-hybridized carbons (Fsp3) is 0.214. The molecular formula is C14H15ClN2OS. The summed E-state index contributed by atoms with van der Waals surface area (Å²) in [5.41, 5.74) is 7.81. The molecule has 0 aliphatic rings. The number of benzene rings is 1. The summed E-state index contributed by atoms with van der Waals surface area (Å²) >= 11 is 7.70. The molecule has 3 nitrogen and oxygen atoms in total. The average Bonchev–Trinajstić information content (AvgIpc) is 2.74. The molecule has 0 aliphatic heterocycles. The van der Waals surface area contributed by atoms with E-state index in [1.807, 2.05) is 18.4 Å². The van der Waals surface area contributed by atoms with E-state index in [4.69, 9.17) is 17.3 Å². The lowest BCUT2D eigenvalue weighted by atomic mass is 10.1. The molecule has 1 aromatic carbocycles. The standard InChI is InChI=1S/C14H15ClN2OS/c1-9-6-7-19-12(9)8-17(2)14(18)13-10(15)4-3-5-11(13)16/h3-7H,8,16H2,1-2H3. The van der Waals surface area contributed by atoms with Crippen molar-refractivity contribution in [1.29, 1.82) is 0 Å². The van der Waals surface area contributed by atoms with Gasteiger partial charge in [0.2, 0.25) is 0 Å². The number of nitrogens with two attached hydrogens (primary N) is 1. The van der Waals surface area contributed by atoms with Gasteiger partial charge in [-0.3, -0.25) is 4.79 Å². The summed E-state index contributed by atoms with van der Waals surface area (Å²) in [7, 11) is 1.75. The lowest BCUT2D eigenvalue weighted by Gasteiger charge is -2.18. The monoisotopic (exact) mass is 294 g/mol. The van der Waals surface area contributed by atoms with E-state index < -0.39 is 0 Å². The van der Waals surface area contributed by atoms with Gasteiger partial charge in [-0.1, -0.05) is 17.7 Å². The molecule has 5 heteroatoms. The third-order valence-electron chi connectivity index (χ3n) is 2.96. The highest BCUT2D eigenvalue weighted by Gasteiger charge is 2.18. The lowest BCUT2D eigenvalue weighted by molar-refractivity contribution is 0.0787. The van der Waals surface area contributed by atoms with Crippen LogP contribution in [0.25, 0.3) is 0 Å². The predicted octanol–water partition coefficient (Wildman–Crippen LogP) is 3.56. The summed E-state index contributed by atoms with van der Waals surface area (Å²) < 4.78 is 0. The minimum Gasteiger partial charge on any atom is -0.398 e. The van der Waals surface area contributed by atoms with Crippen molar-refractivity contribution in [3.63, 3.8) is 0 Å². The number of hydrogen-bond donors (Lipinski definition) is 1. The number of anilines is 1. The Morgan fingerprint density at radius 3 is 2.74 bits per heavy atom. The number of nitrogen functional groups attached to an aromatic ring is 1. The zero-order valence-electron chi connectivity index (χ0n) is 10.8. The maximum atomic E-state index is 12.4. The number of aryl methyl sites for hydroxylation is 1. The Bertz CT molecular complexity index is 589. The number of nitrogens with zero attached hydrogens (tertiary/aromatic N) is 1. The van der Waals surface area contributed by atoms with Gasteiger partial charge >= 0.3 is 0 Å². The van der Waals surface area contributed by atoms with E-state index in [1.165, 1.54) is 10.4 Å². The molecule has 0 fully saturated rings. The smallest absolute Gasteiger partial charge is 0.257 e. The normalized spacial score (nSPS) is 10.5. The highest BCUT2D eigenvalue weighted by Crippen LogP contribution is 2.25. The number of carbonyl (C=O) groups excluding carboxylic acids is 1. The van der Waals surface area contributed by atoms with E-state index in [9.17, 15) is 4.79 Å². The first-order chi connectivity index (χ1) is 9.00. The summed E-state index contributed by atoms with van der Waals surface area (Å²) in [6, 6.07) is 7.14. The molecule has 2 aromatic rings. The maximum absolute atomic E-state index is 12.4. The van der Waals surface area contributed by atoms with E-state index in [0.29, 0.717) is 22.8 Å². The molecule has 100 valence electrons. The number of thiophene rings is 1. The van der Waals surface area contributed by atoms with E-state index in [0.717, 1.165) is 0 Å². The largest absolute Gasteiger partial charge is 0.398 e. The second kappa shape index (κ2) is 5.63. The molecule has 0 radical (unpaired) electrons. The summed E-state index contributed by atoms with van der Waals surface area (Å²) in [5, 5.41) is 2.41. The van der Waals surface area contributed by atoms with Gasteiger partial charge in [0.05, 0.1) is 17.1 Å². The van der Waals surface area contributed by atoms with Crippen LogP contribution in [0.15, 0.2) is 29.6 Å². The van der Waals surface area contributed by atoms with Crippen LogP contribution in [0.5, 0.6) is 0 Å². The molecule has 1 aromatic heterocycles. The summed E-state index contributed by atoms with van der Waals surface area (Å²) in [6.07, 6.45) is 0. The fourth-order valence-corrected chi connectivity index (χ4v) is 3.03. The second-order valence-electron chi connectivity index (χ2n) is 4.39. The molecule has 2 N–H and O–H groups in total. The molecule has 0 bridgehead atoms. The molecule has 0 atom stereocenters. The molecule has 0 saturated heterocycles. The quantitative estimate of drug-likeness (QED) is 0.880. The second-order valence-corrected chi connectivity index (χ2v) is 5.80. The highest BCUT2D eigenvalue weighted by atomic mass is 35.5. The van der Waals surface area contributed by atoms with Crippen molar-refractivity contribution in [3.05, 3.63) is 50.7 Å². The van der Waals surface area contributed by atoms with Gasteiger partial charge in [-0.05, 0) is 36.1 Å². The molecule has 1 amide bonds. The van der Waals surface area contributed by atoms with E-state index in [1.54, 1.807) is 41.5 Å². The Morgan fingerprint density at radius 1 is 1.42 bits per heavy atom. The Balaban J connectivity index is 2.22. The van der Waals surface area contributed by atoms with Gasteiger partial charge < -0.3 is 10.6 Å². The van der Waals surface area contributed by atoms with Crippen LogP contribution in [0.1, 0.15) is 20.8 Å². The van der Waals surface area contributed by atoms with Crippen molar-refractivity contribution in [2.75, 3.05) is 12.8 Å². The van der Waals surface area contributed by atoms with E-state index >= 15 is 0 Å². The predicted molar refractivity (Wildman–Crippen MR) is 80.7 cm³/mol. The first kappa shape index (κ1) is 13.9. The van der Waals surface area contributed by atoms with Crippen molar-refractivity contribution in [2.24, 2.45) is 0 Å². The fourth-order valence-electron chi connectivity index (χ4n) is 1.81. The van der Waals surface area contributed by atoms with Crippen molar-refractivity contribution in [3.8, 4) is 0 Å². The number of rotatable bonds is 3. The van der Waals surface area contributed by atoms with Crippen molar-refractivity contribution in [2.45, 2.75) is 13.5 Å². The molecule has 1 heterocycles. The van der Waals surface area contributed by atoms with Crippen LogP contribution in [0.4, 0.5) is 5.69 Å². The topological polar surface area (TPSA) is 46.3 Å². The Kier molecular flexibility index (Phi) is 4.12. The zero-order chi connectivity index (χ0) is 14.0. The van der Waals surface area contributed by atoms with Crippen LogP contribution in [-0.2, 0) is 6.54 Å². The zero-order valence-corrected chi connectivity index (χ0v) is 12.4. The molecule has 0 aliphatic carbocycles. The SMILES string of the molecule is Cc1ccsc1CN(C)C(=O)c1c(N)cccc1Cl. The van der Waals surface area contributed by atoms with Crippen molar-refractivity contribution < 1.29 is 4.79 Å². The first-order valence-electron chi connectivity index (χ1n) is 5.83. The van der Waals surface area contributed by atoms with Crippen molar-refractivity contribution >= 4 is 34.5 Å². The van der Waals surface area contributed by atoms with Crippen LogP contribution < -0.4 is 5.73 Å². The van der Waals surface area contributed by atoms with Crippen LogP contribution in [0, 0.1) is 6.92 Å². The first-order valence-corrected chi connectivity index (χ1v) is 7.09. The van der Waals surface area contributed by atoms with Gasteiger partial charge in [-0.15, -0.1) is 11.3 Å². The lowest BCUT2D eigenvalue weighted by Crippen LogP contribution is -2.27. The Morgan fingerprint density at radius 2 is 2.16 bits per heavy atom. The summed E-state index contributed by atoms with van der Waals surface area (Å²) in [5.74, 6) is -0.157. The van der Waals surface area contributed by atoms with Gasteiger partial charge in [0.1, 0.15) is 0 Å². The number of hydrogen-bond acceptors (Lipinski definition) is 3.